The van der Waals surface area contributed by atoms with E-state index in [9.17, 15) is 30.6 Å². The van der Waals surface area contributed by atoms with Crippen LogP contribution in [0.4, 0.5) is 0 Å². The number of aliphatic hydroxyl groups is 1. The number of aromatic hydroxyl groups is 5. The monoisotopic (exact) mass is 863 g/mol. The lowest BCUT2D eigenvalue weighted by atomic mass is 9.37. The first-order chi connectivity index (χ1) is 31.1. The second-order valence-corrected chi connectivity index (χ2v) is 20.1. The van der Waals surface area contributed by atoms with Crippen molar-refractivity contribution in [2.24, 2.45) is 44.0 Å². The van der Waals surface area contributed by atoms with Gasteiger partial charge < -0.3 is 36.0 Å². The van der Waals surface area contributed by atoms with Crippen molar-refractivity contribution >= 4 is 34.3 Å². The van der Waals surface area contributed by atoms with E-state index >= 15 is 0 Å². The third-order valence-corrected chi connectivity index (χ3v) is 17.3. The number of aliphatic hydroxyl groups excluding tert-OH is 1. The summed E-state index contributed by atoms with van der Waals surface area (Å²) < 4.78 is 0. The number of phenolic OH excluding ortho intramolecular Hbond substituents is 5. The largest absolute Gasteiger partial charge is 0.507 e. The summed E-state index contributed by atoms with van der Waals surface area (Å²) in [5, 5.41) is 70.9. The zero-order valence-electron chi connectivity index (χ0n) is 37.3. The predicted octanol–water partition coefficient (Wildman–Crippen LogP) is 10.7. The summed E-state index contributed by atoms with van der Waals surface area (Å²) in [5.41, 5.74) is 7.98. The van der Waals surface area contributed by atoms with Crippen LogP contribution in [-0.4, -0.2) is 61.4 Å². The Morgan fingerprint density at radius 2 is 1.64 bits per heavy atom. The number of hydrogen-bond acceptors (Lipinski definition) is 9. The molecule has 4 aromatic carbocycles. The molecular weight excluding hydrogens is 799 g/mol. The van der Waals surface area contributed by atoms with Crippen LogP contribution in [0.15, 0.2) is 76.7 Å². The lowest BCUT2D eigenvalue weighted by Gasteiger charge is -2.66. The molecule has 7 N–H and O–H groups in total. The third kappa shape index (κ3) is 6.86. The average molecular weight is 864 g/mol. The summed E-state index contributed by atoms with van der Waals surface area (Å²) in [7, 11) is 0. The van der Waals surface area contributed by atoms with Crippen molar-refractivity contribution in [3.8, 4) is 28.7 Å². The second kappa shape index (κ2) is 17.0. The first-order valence-electron chi connectivity index (χ1n) is 24.2. The van der Waals surface area contributed by atoms with Gasteiger partial charge in [-0.2, -0.15) is 0 Å². The fourth-order valence-electron chi connectivity index (χ4n) is 14.5. The number of nitrogens with one attached hydrogen (secondary N) is 1. The minimum Gasteiger partial charge on any atom is -0.507 e. The van der Waals surface area contributed by atoms with E-state index in [1.54, 1.807) is 18.2 Å². The van der Waals surface area contributed by atoms with E-state index in [2.05, 4.69) is 42.6 Å². The number of hydrogen-bond donors (Lipinski definition) is 7. The molecule has 0 amide bonds. The molecule has 4 aromatic rings. The normalized spacial score (nSPS) is 29.2. The molecule has 0 radical (unpaired) electrons. The lowest BCUT2D eigenvalue weighted by Crippen LogP contribution is -2.69. The Balaban J connectivity index is 0.968. The van der Waals surface area contributed by atoms with Crippen LogP contribution in [-0.2, 0) is 25.8 Å². The topological polar surface area (TPSA) is 158 Å². The van der Waals surface area contributed by atoms with Crippen molar-refractivity contribution in [3.05, 3.63) is 100 Å². The van der Waals surface area contributed by atoms with Crippen molar-refractivity contribution in [1.29, 1.82) is 0 Å². The van der Waals surface area contributed by atoms with Gasteiger partial charge in [-0.1, -0.05) is 93.3 Å². The number of unbranched alkanes of at least 4 members (excludes halogenated alkanes) is 2. The Morgan fingerprint density at radius 3 is 2.50 bits per heavy atom. The zero-order valence-corrected chi connectivity index (χ0v) is 37.3. The maximum absolute atomic E-state index is 12.4. The van der Waals surface area contributed by atoms with Crippen molar-refractivity contribution in [2.45, 2.75) is 122 Å². The van der Waals surface area contributed by atoms with E-state index in [0.29, 0.717) is 53.4 Å². The van der Waals surface area contributed by atoms with Crippen molar-refractivity contribution < 1.29 is 30.6 Å². The van der Waals surface area contributed by atoms with Gasteiger partial charge in [-0.05, 0) is 151 Å². The summed E-state index contributed by atoms with van der Waals surface area (Å²) in [6.45, 7) is 4.28. The van der Waals surface area contributed by atoms with E-state index in [4.69, 9.17) is 9.98 Å². The smallest absolute Gasteiger partial charge is 0.169 e. The quantitative estimate of drug-likeness (QED) is 0.0305. The molecule has 6 aliphatic rings. The lowest BCUT2D eigenvalue weighted by molar-refractivity contribution is -0.156. The Labute approximate surface area is 377 Å². The summed E-state index contributed by atoms with van der Waals surface area (Å²) in [4.78, 5) is 10.4. The molecular formula is C55H65N3O6. The molecule has 4 saturated carbocycles. The van der Waals surface area contributed by atoms with Gasteiger partial charge in [-0.25, -0.2) is 0 Å². The predicted molar refractivity (Wildman–Crippen MR) is 255 cm³/mol. The van der Waals surface area contributed by atoms with Crippen molar-refractivity contribution in [3.63, 3.8) is 0 Å². The van der Waals surface area contributed by atoms with Crippen LogP contribution in [0.1, 0.15) is 124 Å². The first-order valence-corrected chi connectivity index (χ1v) is 24.2. The summed E-state index contributed by atoms with van der Waals surface area (Å²) in [6, 6.07) is 16.4. The number of fused-ring (bicyclic) bond motifs is 4. The van der Waals surface area contributed by atoms with Gasteiger partial charge in [0.2, 0.25) is 0 Å². The van der Waals surface area contributed by atoms with Crippen LogP contribution in [0, 0.1) is 34.0 Å². The third-order valence-electron chi connectivity index (χ3n) is 17.3. The zero-order chi connectivity index (χ0) is 44.2. The van der Waals surface area contributed by atoms with E-state index in [1.165, 1.54) is 98.5 Å². The van der Waals surface area contributed by atoms with Gasteiger partial charge in [-0.15, -0.1) is 0 Å². The number of nitrogens with zero attached hydrogens (tertiary/aromatic N) is 2. The van der Waals surface area contributed by atoms with Gasteiger partial charge in [0.15, 0.2) is 23.0 Å². The van der Waals surface area contributed by atoms with Crippen LogP contribution in [0.3, 0.4) is 0 Å². The first kappa shape index (κ1) is 42.8. The summed E-state index contributed by atoms with van der Waals surface area (Å²) >= 11 is 0. The van der Waals surface area contributed by atoms with Crippen LogP contribution in [0.5, 0.6) is 28.7 Å². The summed E-state index contributed by atoms with van der Waals surface area (Å²) in [5.74, 6) is 0.0625. The molecule has 9 heteroatoms. The fourth-order valence-corrected chi connectivity index (χ4v) is 14.5. The molecule has 2 spiro atoms. The number of benzene rings is 4. The maximum atomic E-state index is 12.4. The number of aryl methyl sites for hydroxylation is 2. The number of allylic oxidation sites excluding steroid dienone is 1. The highest BCUT2D eigenvalue weighted by Gasteiger charge is 2.73. The van der Waals surface area contributed by atoms with Crippen molar-refractivity contribution in [2.75, 3.05) is 13.2 Å². The molecule has 5 aliphatic carbocycles. The molecule has 0 bridgehead atoms. The van der Waals surface area contributed by atoms with Crippen LogP contribution in [0.25, 0.3) is 22.9 Å². The number of phenols is 5. The Bertz CT molecular complexity index is 2580. The number of aliphatic imine (C=N–C) groups is 2. The molecule has 64 heavy (non-hydrogen) atoms. The van der Waals surface area contributed by atoms with Gasteiger partial charge in [0.25, 0.3) is 0 Å². The van der Waals surface area contributed by atoms with E-state index in [0.717, 1.165) is 50.8 Å². The highest BCUT2D eigenvalue weighted by Crippen LogP contribution is 2.75. The molecule has 1 aliphatic heterocycles. The summed E-state index contributed by atoms with van der Waals surface area (Å²) in [6.07, 6.45) is 25.0. The van der Waals surface area contributed by atoms with Crippen LogP contribution < -0.4 is 5.32 Å². The minimum absolute atomic E-state index is 0.0998. The highest BCUT2D eigenvalue weighted by atomic mass is 16.3. The second-order valence-electron chi connectivity index (χ2n) is 20.1. The molecule has 0 aromatic heterocycles. The standard InChI is InChI=1S/C55H65N3O6/c1-2-3-4-8-36-29-34(15-21-42-40(20-14-35-16-23-44(59)47(62)30-35)41-11-5-12-45(60)48(41)50(64)49(42)63)13-17-37(36)31-56-32-55-51-46(61)24-19-38-9-6-25-53(38,51)27-28-54(55)26-7-10-39(54)18-22-43-52(55)58-33-57-43/h5,11-14,16-17,19-20,23-24,29-30,38-39,46,51,56,59-64H,2-4,6-10,15,18,21-22,25-28,31-33H2,1H3/b20-14+/t38-,39-,46-,51+,53-,54-,55+/m0/s1. The van der Waals surface area contributed by atoms with Gasteiger partial charge in [0.1, 0.15) is 12.4 Å². The molecule has 336 valence electrons. The Morgan fingerprint density at radius 1 is 0.766 bits per heavy atom. The number of rotatable bonds is 13. The van der Waals surface area contributed by atoms with Crippen LogP contribution >= 0.6 is 0 Å². The molecule has 7 atom stereocenters. The van der Waals surface area contributed by atoms with Crippen molar-refractivity contribution in [1.82, 2.24) is 5.32 Å². The SMILES string of the molecule is CCCCCc1cc(CCc2c(O)c(O)c3c(O)cccc3c2/C=C/c2ccc(O)c(O)c2)ccc1CNC[C@@]12C3=NCN=C3CC[C@@H]3CCC[C@]31CC[C@@]13CCC[C@H]1C=C[C@H](O)[C@H]32. The molecule has 0 saturated heterocycles. The Kier molecular flexibility index (Phi) is 11.4. The van der Waals surface area contributed by atoms with E-state index in [1.807, 2.05) is 12.1 Å². The van der Waals surface area contributed by atoms with Gasteiger partial charge in [0, 0.05) is 30.0 Å². The molecule has 10 rings (SSSR count). The Hall–Kier alpha value is -5.12. The highest BCUT2D eigenvalue weighted by molar-refractivity contribution is 6.45. The molecule has 4 fully saturated rings. The molecule has 9 nitrogen and oxygen atoms in total. The minimum atomic E-state index is -0.493. The average Bonchev–Trinajstić information content (AvgIpc) is 4.04. The van der Waals surface area contributed by atoms with Gasteiger partial charge >= 0.3 is 0 Å². The fraction of sp³-hybridized carbons (Fsp3) is 0.491. The van der Waals surface area contributed by atoms with Gasteiger partial charge in [-0.3, -0.25) is 9.98 Å². The van der Waals surface area contributed by atoms with E-state index in [-0.39, 0.29) is 56.3 Å². The molecule has 0 unspecified atom stereocenters. The maximum Gasteiger partial charge on any atom is 0.169 e. The van der Waals surface area contributed by atoms with E-state index < -0.39 is 6.10 Å². The molecule has 1 heterocycles. The van der Waals surface area contributed by atoms with Gasteiger partial charge in [0.05, 0.1) is 22.9 Å². The van der Waals surface area contributed by atoms with Crippen LogP contribution in [0.2, 0.25) is 0 Å².